The van der Waals surface area contributed by atoms with Gasteiger partial charge in [-0.05, 0) is 19.3 Å². The molecule has 92 valence electrons. The predicted molar refractivity (Wildman–Crippen MR) is 57.8 cm³/mol. The summed E-state index contributed by atoms with van der Waals surface area (Å²) in [6, 6.07) is 0. The molecule has 1 aliphatic heterocycles. The van der Waals surface area contributed by atoms with E-state index in [-0.39, 0.29) is 24.3 Å². The molecule has 16 heavy (non-hydrogen) atoms. The first-order chi connectivity index (χ1) is 7.56. The van der Waals surface area contributed by atoms with E-state index in [0.717, 1.165) is 6.42 Å². The van der Waals surface area contributed by atoms with Crippen LogP contribution in [0.15, 0.2) is 0 Å². The van der Waals surface area contributed by atoms with E-state index in [1.807, 2.05) is 6.92 Å². The van der Waals surface area contributed by atoms with Gasteiger partial charge in [0.2, 0.25) is 0 Å². The van der Waals surface area contributed by atoms with Crippen LogP contribution in [-0.4, -0.2) is 49.7 Å². The largest absolute Gasteiger partial charge is 0.465 e. The second-order valence-corrected chi connectivity index (χ2v) is 4.06. The van der Waals surface area contributed by atoms with Gasteiger partial charge in [-0.15, -0.1) is 0 Å². The molecule has 2 unspecified atom stereocenters. The number of ether oxygens (including phenoxy) is 2. The lowest BCUT2D eigenvalue weighted by Gasteiger charge is -2.21. The minimum Gasteiger partial charge on any atom is -0.465 e. The molecule has 0 N–H and O–H groups in total. The Morgan fingerprint density at radius 3 is 2.69 bits per heavy atom. The smallest absolute Gasteiger partial charge is 0.325 e. The van der Waals surface area contributed by atoms with E-state index in [2.05, 4.69) is 0 Å². The summed E-state index contributed by atoms with van der Waals surface area (Å²) >= 11 is 0. The summed E-state index contributed by atoms with van der Waals surface area (Å²) in [7, 11) is 1.59. The molecule has 5 nitrogen and oxygen atoms in total. The van der Waals surface area contributed by atoms with Crippen LogP contribution >= 0.6 is 0 Å². The highest BCUT2D eigenvalue weighted by molar-refractivity contribution is 5.85. The van der Waals surface area contributed by atoms with Gasteiger partial charge >= 0.3 is 5.97 Å². The third-order valence-corrected chi connectivity index (χ3v) is 2.68. The lowest BCUT2D eigenvalue weighted by molar-refractivity contribution is -0.151. The average Bonchev–Trinajstić information content (AvgIpc) is 2.63. The van der Waals surface area contributed by atoms with Gasteiger partial charge in [-0.25, -0.2) is 0 Å². The maximum atomic E-state index is 11.9. The lowest BCUT2D eigenvalue weighted by Crippen LogP contribution is -2.41. The number of hydrogen-bond acceptors (Lipinski definition) is 4. The summed E-state index contributed by atoms with van der Waals surface area (Å²) in [4.78, 5) is 24.5. The van der Waals surface area contributed by atoms with Gasteiger partial charge in [0.25, 0.3) is 5.91 Å². The highest BCUT2D eigenvalue weighted by Gasteiger charge is 2.33. The summed E-state index contributed by atoms with van der Waals surface area (Å²) in [5.74, 6) is -0.306. The van der Waals surface area contributed by atoms with Gasteiger partial charge in [-0.1, -0.05) is 6.92 Å². The Labute approximate surface area is 95.7 Å². The fourth-order valence-electron chi connectivity index (χ4n) is 1.71. The molecule has 0 aromatic rings. The number of amides is 1. The van der Waals surface area contributed by atoms with Crippen LogP contribution in [-0.2, 0) is 19.1 Å². The van der Waals surface area contributed by atoms with Crippen molar-refractivity contribution in [2.75, 3.05) is 26.8 Å². The van der Waals surface area contributed by atoms with Gasteiger partial charge in [0, 0.05) is 13.7 Å². The zero-order valence-electron chi connectivity index (χ0n) is 10.1. The molecule has 0 radical (unpaired) electrons. The van der Waals surface area contributed by atoms with Crippen molar-refractivity contribution in [3.05, 3.63) is 0 Å². The fourth-order valence-corrected chi connectivity index (χ4v) is 1.71. The van der Waals surface area contributed by atoms with Gasteiger partial charge in [-0.3, -0.25) is 9.59 Å². The van der Waals surface area contributed by atoms with Crippen LogP contribution < -0.4 is 0 Å². The van der Waals surface area contributed by atoms with Gasteiger partial charge in [0.1, 0.15) is 12.6 Å². The van der Waals surface area contributed by atoms with E-state index in [4.69, 9.17) is 9.47 Å². The van der Waals surface area contributed by atoms with E-state index < -0.39 is 6.10 Å². The van der Waals surface area contributed by atoms with Crippen LogP contribution in [0.3, 0.4) is 0 Å². The first-order valence-corrected chi connectivity index (χ1v) is 5.58. The molecule has 0 aromatic heterocycles. The first kappa shape index (κ1) is 13.0. The van der Waals surface area contributed by atoms with Crippen molar-refractivity contribution in [1.82, 2.24) is 4.90 Å². The summed E-state index contributed by atoms with van der Waals surface area (Å²) in [6.45, 7) is 4.65. The highest BCUT2D eigenvalue weighted by Crippen LogP contribution is 2.21. The molecular formula is C11H19NO4. The Kier molecular flexibility index (Phi) is 4.73. The normalized spacial score (nSPS) is 24.2. The molecule has 1 rings (SSSR count). The maximum absolute atomic E-state index is 11.9. The molecule has 0 saturated carbocycles. The summed E-state index contributed by atoms with van der Waals surface area (Å²) in [5.41, 5.74) is 0. The number of hydrogen-bond donors (Lipinski definition) is 0. The zero-order chi connectivity index (χ0) is 12.1. The van der Waals surface area contributed by atoms with E-state index in [1.54, 1.807) is 14.0 Å². The van der Waals surface area contributed by atoms with E-state index in [1.165, 1.54) is 4.90 Å². The third-order valence-electron chi connectivity index (χ3n) is 2.68. The third kappa shape index (κ3) is 3.20. The van der Waals surface area contributed by atoms with Crippen molar-refractivity contribution in [2.45, 2.75) is 26.4 Å². The van der Waals surface area contributed by atoms with Crippen LogP contribution in [0.2, 0.25) is 0 Å². The van der Waals surface area contributed by atoms with Crippen molar-refractivity contribution in [1.29, 1.82) is 0 Å². The van der Waals surface area contributed by atoms with Crippen LogP contribution in [0, 0.1) is 5.92 Å². The van der Waals surface area contributed by atoms with Crippen molar-refractivity contribution in [2.24, 2.45) is 5.92 Å². The maximum Gasteiger partial charge on any atom is 0.325 e. The number of carbonyl (C=O) groups excluding carboxylic acids is 2. The number of esters is 1. The van der Waals surface area contributed by atoms with E-state index in [0.29, 0.717) is 13.2 Å². The molecule has 2 atom stereocenters. The molecule has 1 fully saturated rings. The Hall–Kier alpha value is -1.10. The topological polar surface area (TPSA) is 55.8 Å². The molecule has 1 saturated heterocycles. The van der Waals surface area contributed by atoms with Gasteiger partial charge in [0.05, 0.1) is 6.61 Å². The number of likely N-dealkylation sites (N-methyl/N-ethyl adjacent to an activating group) is 1. The SMILES string of the molecule is CCOC(=O)CN(C)C(=O)C1OCCC1C. The zero-order valence-corrected chi connectivity index (χ0v) is 10.1. The van der Waals surface area contributed by atoms with E-state index in [9.17, 15) is 9.59 Å². The number of carbonyl (C=O) groups is 2. The molecule has 5 heteroatoms. The Bertz CT molecular complexity index is 267. The summed E-state index contributed by atoms with van der Waals surface area (Å²) in [5, 5.41) is 0. The number of rotatable bonds is 4. The Morgan fingerprint density at radius 2 is 2.19 bits per heavy atom. The van der Waals surface area contributed by atoms with Crippen LogP contribution in [0.1, 0.15) is 20.3 Å². The number of nitrogens with zero attached hydrogens (tertiary/aromatic N) is 1. The van der Waals surface area contributed by atoms with Gasteiger partial charge in [0.15, 0.2) is 0 Å². The lowest BCUT2D eigenvalue weighted by atomic mass is 10.0. The second-order valence-electron chi connectivity index (χ2n) is 4.06. The fraction of sp³-hybridized carbons (Fsp3) is 0.818. The minimum absolute atomic E-state index is 0.0146. The van der Waals surface area contributed by atoms with Crippen molar-refractivity contribution in [3.63, 3.8) is 0 Å². The summed E-state index contributed by atoms with van der Waals surface area (Å²) < 4.78 is 10.1. The standard InChI is InChI=1S/C11H19NO4/c1-4-15-9(13)7-12(3)11(14)10-8(2)5-6-16-10/h8,10H,4-7H2,1-3H3. The van der Waals surface area contributed by atoms with Crippen LogP contribution in [0.4, 0.5) is 0 Å². The summed E-state index contributed by atoms with van der Waals surface area (Å²) in [6.07, 6.45) is 0.489. The van der Waals surface area contributed by atoms with Gasteiger partial charge in [-0.2, -0.15) is 0 Å². The molecule has 0 bridgehead atoms. The first-order valence-electron chi connectivity index (χ1n) is 5.58. The van der Waals surface area contributed by atoms with Crippen LogP contribution in [0.5, 0.6) is 0 Å². The quantitative estimate of drug-likeness (QED) is 0.656. The molecule has 0 spiro atoms. The molecule has 1 amide bonds. The van der Waals surface area contributed by atoms with Crippen LogP contribution in [0.25, 0.3) is 0 Å². The minimum atomic E-state index is -0.403. The van der Waals surface area contributed by atoms with Gasteiger partial charge < -0.3 is 14.4 Å². The second kappa shape index (κ2) is 5.84. The molecule has 0 aromatic carbocycles. The van der Waals surface area contributed by atoms with E-state index >= 15 is 0 Å². The Morgan fingerprint density at radius 1 is 1.50 bits per heavy atom. The molecule has 0 aliphatic carbocycles. The average molecular weight is 229 g/mol. The van der Waals surface area contributed by atoms with Crippen molar-refractivity contribution in [3.8, 4) is 0 Å². The Balaban J connectivity index is 2.44. The molecule has 1 aliphatic rings. The van der Waals surface area contributed by atoms with Crippen molar-refractivity contribution < 1.29 is 19.1 Å². The monoisotopic (exact) mass is 229 g/mol. The van der Waals surface area contributed by atoms with Crippen molar-refractivity contribution >= 4 is 11.9 Å². The predicted octanol–water partition coefficient (Wildman–Crippen LogP) is 0.433. The molecular weight excluding hydrogens is 210 g/mol. The molecule has 1 heterocycles. The highest BCUT2D eigenvalue weighted by atomic mass is 16.5.